The van der Waals surface area contributed by atoms with E-state index in [-0.39, 0.29) is 5.97 Å². The monoisotopic (exact) mass is 268 g/mol. The molecule has 0 aromatic heterocycles. The van der Waals surface area contributed by atoms with Gasteiger partial charge in [0.05, 0.1) is 5.56 Å². The number of ether oxygens (including phenoxy) is 1. The van der Waals surface area contributed by atoms with E-state index in [0.29, 0.717) is 12.2 Å². The molecule has 2 aromatic rings. The third-order valence-electron chi connectivity index (χ3n) is 3.47. The predicted molar refractivity (Wildman–Crippen MR) is 81.0 cm³/mol. The Balaban J connectivity index is 2.10. The van der Waals surface area contributed by atoms with Gasteiger partial charge in [-0.15, -0.1) is 0 Å². The highest BCUT2D eigenvalue weighted by Crippen LogP contribution is 2.15. The molecule has 0 aliphatic carbocycles. The Labute approximate surface area is 120 Å². The van der Waals surface area contributed by atoms with Gasteiger partial charge in [0.25, 0.3) is 0 Å². The number of hydrogen-bond acceptors (Lipinski definition) is 2. The van der Waals surface area contributed by atoms with Gasteiger partial charge in [0.15, 0.2) is 0 Å². The summed E-state index contributed by atoms with van der Waals surface area (Å²) in [4.78, 5) is 12.1. The van der Waals surface area contributed by atoms with Gasteiger partial charge in [-0.05, 0) is 50.5 Å². The zero-order chi connectivity index (χ0) is 14.7. The third-order valence-corrected chi connectivity index (χ3v) is 3.47. The van der Waals surface area contributed by atoms with Crippen molar-refractivity contribution in [1.29, 1.82) is 0 Å². The Hall–Kier alpha value is -2.09. The van der Waals surface area contributed by atoms with Gasteiger partial charge in [-0.25, -0.2) is 4.79 Å². The van der Waals surface area contributed by atoms with Crippen LogP contribution in [0.5, 0.6) is 0 Å². The van der Waals surface area contributed by atoms with E-state index in [1.807, 2.05) is 45.9 Å². The first-order chi connectivity index (χ1) is 9.47. The number of hydrogen-bond donors (Lipinski definition) is 0. The molecule has 0 fully saturated rings. The second kappa shape index (κ2) is 5.91. The average molecular weight is 268 g/mol. The lowest BCUT2D eigenvalue weighted by Crippen LogP contribution is -2.08. The lowest BCUT2D eigenvalue weighted by molar-refractivity contribution is 0.0471. The molecule has 0 aliphatic heterocycles. The number of esters is 1. The Kier molecular flexibility index (Phi) is 4.23. The molecule has 0 atom stereocenters. The topological polar surface area (TPSA) is 26.3 Å². The quantitative estimate of drug-likeness (QED) is 0.777. The van der Waals surface area contributed by atoms with Crippen LogP contribution in [-0.2, 0) is 11.3 Å². The van der Waals surface area contributed by atoms with Crippen LogP contribution in [0.3, 0.4) is 0 Å². The second-order valence-corrected chi connectivity index (χ2v) is 5.32. The molecule has 20 heavy (non-hydrogen) atoms. The fourth-order valence-corrected chi connectivity index (χ4v) is 2.22. The maximum Gasteiger partial charge on any atom is 0.338 e. The molecule has 2 heteroatoms. The van der Waals surface area contributed by atoms with Crippen LogP contribution >= 0.6 is 0 Å². The van der Waals surface area contributed by atoms with E-state index in [2.05, 4.69) is 18.2 Å². The average Bonchev–Trinajstić information content (AvgIpc) is 2.39. The van der Waals surface area contributed by atoms with Crippen LogP contribution in [0, 0.1) is 27.7 Å². The van der Waals surface area contributed by atoms with Crippen molar-refractivity contribution in [3.63, 3.8) is 0 Å². The van der Waals surface area contributed by atoms with Gasteiger partial charge in [0, 0.05) is 0 Å². The van der Waals surface area contributed by atoms with Crippen LogP contribution in [0.25, 0.3) is 0 Å². The summed E-state index contributed by atoms with van der Waals surface area (Å²) in [6.07, 6.45) is 0. The van der Waals surface area contributed by atoms with Crippen LogP contribution in [0.15, 0.2) is 36.4 Å². The summed E-state index contributed by atoms with van der Waals surface area (Å²) in [5, 5.41) is 0. The van der Waals surface area contributed by atoms with E-state index in [1.165, 1.54) is 5.56 Å². The van der Waals surface area contributed by atoms with Gasteiger partial charge >= 0.3 is 5.97 Å². The van der Waals surface area contributed by atoms with Gasteiger partial charge in [-0.3, -0.25) is 0 Å². The van der Waals surface area contributed by atoms with E-state index in [9.17, 15) is 4.79 Å². The zero-order valence-electron chi connectivity index (χ0n) is 12.5. The van der Waals surface area contributed by atoms with Crippen LogP contribution in [0.4, 0.5) is 0 Å². The molecule has 0 amide bonds. The number of rotatable bonds is 3. The van der Waals surface area contributed by atoms with E-state index in [0.717, 1.165) is 22.3 Å². The van der Waals surface area contributed by atoms with Crippen molar-refractivity contribution < 1.29 is 9.53 Å². The van der Waals surface area contributed by atoms with Crippen molar-refractivity contribution in [2.24, 2.45) is 0 Å². The van der Waals surface area contributed by atoms with Crippen molar-refractivity contribution in [2.45, 2.75) is 34.3 Å². The molecular formula is C18H20O2. The molecule has 0 unspecified atom stereocenters. The Morgan fingerprint density at radius 2 is 1.55 bits per heavy atom. The molecule has 0 saturated carbocycles. The van der Waals surface area contributed by atoms with E-state index in [1.54, 1.807) is 0 Å². The number of aryl methyl sites for hydroxylation is 4. The molecule has 2 aromatic carbocycles. The molecule has 0 spiro atoms. The molecule has 0 aliphatic rings. The highest BCUT2D eigenvalue weighted by atomic mass is 16.5. The fraction of sp³-hybridized carbons (Fsp3) is 0.278. The first-order valence-corrected chi connectivity index (χ1v) is 6.78. The highest BCUT2D eigenvalue weighted by Gasteiger charge is 2.11. The van der Waals surface area contributed by atoms with Crippen molar-refractivity contribution >= 4 is 5.97 Å². The maximum atomic E-state index is 12.1. The smallest absolute Gasteiger partial charge is 0.338 e. The molecule has 2 rings (SSSR count). The lowest BCUT2D eigenvalue weighted by atomic mass is 10.1. The summed E-state index contributed by atoms with van der Waals surface area (Å²) >= 11 is 0. The molecular weight excluding hydrogens is 248 g/mol. The standard InChI is InChI=1S/C18H20O2/c1-12-6-8-17(15(4)9-12)18(19)20-11-16-10-13(2)5-7-14(16)3/h5-10H,11H2,1-4H3. The Bertz CT molecular complexity index is 642. The lowest BCUT2D eigenvalue weighted by Gasteiger charge is -2.10. The largest absolute Gasteiger partial charge is 0.457 e. The van der Waals surface area contributed by atoms with Gasteiger partial charge in [0.1, 0.15) is 6.61 Å². The number of benzene rings is 2. The van der Waals surface area contributed by atoms with Crippen LogP contribution in [-0.4, -0.2) is 5.97 Å². The van der Waals surface area contributed by atoms with Gasteiger partial charge in [0.2, 0.25) is 0 Å². The number of carbonyl (C=O) groups is 1. The third kappa shape index (κ3) is 3.27. The second-order valence-electron chi connectivity index (χ2n) is 5.32. The van der Waals surface area contributed by atoms with Gasteiger partial charge in [-0.2, -0.15) is 0 Å². The molecule has 0 heterocycles. The Morgan fingerprint density at radius 3 is 2.25 bits per heavy atom. The highest BCUT2D eigenvalue weighted by molar-refractivity contribution is 5.91. The molecule has 2 nitrogen and oxygen atoms in total. The van der Waals surface area contributed by atoms with Gasteiger partial charge < -0.3 is 4.74 Å². The maximum absolute atomic E-state index is 12.1. The van der Waals surface area contributed by atoms with Crippen LogP contribution in [0.1, 0.15) is 38.2 Å². The van der Waals surface area contributed by atoms with Gasteiger partial charge in [-0.1, -0.05) is 41.5 Å². The first kappa shape index (κ1) is 14.3. The number of carbonyl (C=O) groups excluding carboxylic acids is 1. The van der Waals surface area contributed by atoms with Crippen LogP contribution < -0.4 is 0 Å². The molecule has 0 N–H and O–H groups in total. The normalized spacial score (nSPS) is 10.4. The van der Waals surface area contributed by atoms with Crippen molar-refractivity contribution in [1.82, 2.24) is 0 Å². The molecule has 104 valence electrons. The minimum Gasteiger partial charge on any atom is -0.457 e. The van der Waals surface area contributed by atoms with E-state index >= 15 is 0 Å². The zero-order valence-corrected chi connectivity index (χ0v) is 12.5. The predicted octanol–water partition coefficient (Wildman–Crippen LogP) is 4.28. The SMILES string of the molecule is Cc1ccc(C(=O)OCc2cc(C)ccc2C)c(C)c1. The van der Waals surface area contributed by atoms with E-state index < -0.39 is 0 Å². The summed E-state index contributed by atoms with van der Waals surface area (Å²) in [5.74, 6) is -0.261. The summed E-state index contributed by atoms with van der Waals surface area (Å²) in [6.45, 7) is 8.33. The molecule has 0 saturated heterocycles. The summed E-state index contributed by atoms with van der Waals surface area (Å²) < 4.78 is 5.43. The van der Waals surface area contributed by atoms with Crippen molar-refractivity contribution in [2.75, 3.05) is 0 Å². The molecule has 0 radical (unpaired) electrons. The first-order valence-electron chi connectivity index (χ1n) is 6.78. The molecule has 0 bridgehead atoms. The minimum atomic E-state index is -0.261. The Morgan fingerprint density at radius 1 is 0.900 bits per heavy atom. The summed E-state index contributed by atoms with van der Waals surface area (Å²) in [7, 11) is 0. The minimum absolute atomic E-state index is 0.261. The fourth-order valence-electron chi connectivity index (χ4n) is 2.22. The van der Waals surface area contributed by atoms with Crippen molar-refractivity contribution in [3.05, 3.63) is 69.8 Å². The van der Waals surface area contributed by atoms with E-state index in [4.69, 9.17) is 4.74 Å². The van der Waals surface area contributed by atoms with Crippen LogP contribution in [0.2, 0.25) is 0 Å². The van der Waals surface area contributed by atoms with Crippen molar-refractivity contribution in [3.8, 4) is 0 Å². The summed E-state index contributed by atoms with van der Waals surface area (Å²) in [6, 6.07) is 11.9. The summed E-state index contributed by atoms with van der Waals surface area (Å²) in [5.41, 5.74) is 6.12.